The van der Waals surface area contributed by atoms with Crippen LogP contribution in [0.1, 0.15) is 20.8 Å². The Morgan fingerprint density at radius 1 is 1.03 bits per heavy atom. The predicted molar refractivity (Wildman–Crippen MR) is 106 cm³/mol. The first-order chi connectivity index (χ1) is 13.7. The number of ether oxygens (including phenoxy) is 3. The summed E-state index contributed by atoms with van der Waals surface area (Å²) in [7, 11) is 1.26. The summed E-state index contributed by atoms with van der Waals surface area (Å²) in [4.78, 5) is 34.3. The van der Waals surface area contributed by atoms with Crippen LogP contribution in [0.3, 0.4) is 0 Å². The Kier molecular flexibility index (Phi) is 5.53. The van der Waals surface area contributed by atoms with Gasteiger partial charge >= 0.3 is 12.2 Å². The number of amides is 2. The van der Waals surface area contributed by atoms with Crippen LogP contribution in [0.15, 0.2) is 36.5 Å². The molecule has 29 heavy (non-hydrogen) atoms. The van der Waals surface area contributed by atoms with Crippen LogP contribution in [0.25, 0.3) is 11.2 Å². The second-order valence-electron chi connectivity index (χ2n) is 7.00. The number of nitrogens with zero attached hydrogens (tertiary/aromatic N) is 2. The first-order valence-electron chi connectivity index (χ1n) is 8.70. The molecule has 10 heteroatoms. The normalized spacial score (nSPS) is 11.0. The van der Waals surface area contributed by atoms with Crippen molar-refractivity contribution in [2.45, 2.75) is 26.4 Å². The highest BCUT2D eigenvalue weighted by atomic mass is 16.6. The quantitative estimate of drug-likeness (QED) is 0.597. The molecule has 2 amide bonds. The molecule has 0 bridgehead atoms. The predicted octanol–water partition coefficient (Wildman–Crippen LogP) is 4.28. The number of imidazole rings is 1. The molecule has 0 atom stereocenters. The first-order valence-corrected chi connectivity index (χ1v) is 8.70. The monoisotopic (exact) mass is 399 g/mol. The van der Waals surface area contributed by atoms with Gasteiger partial charge in [0, 0.05) is 11.8 Å². The number of hydrogen-bond donors (Lipinski definition) is 3. The molecule has 3 rings (SSSR count). The van der Waals surface area contributed by atoms with E-state index in [1.165, 1.54) is 13.3 Å². The van der Waals surface area contributed by atoms with E-state index in [1.54, 1.807) is 51.1 Å². The van der Waals surface area contributed by atoms with Crippen LogP contribution in [0.2, 0.25) is 0 Å². The molecule has 0 aliphatic heterocycles. The number of pyridine rings is 1. The van der Waals surface area contributed by atoms with E-state index in [1.807, 2.05) is 0 Å². The van der Waals surface area contributed by atoms with Gasteiger partial charge in [-0.3, -0.25) is 10.6 Å². The number of rotatable bonds is 4. The lowest BCUT2D eigenvalue weighted by Crippen LogP contribution is -2.27. The van der Waals surface area contributed by atoms with Crippen LogP contribution in [0.5, 0.6) is 11.5 Å². The standard InChI is InChI=1S/C19H21N5O5/c1-19(2,3)29-18(26)21-11-5-7-12(8-6-11)28-13-9-14-15(20-10-13)23-16(22-14)24-17(25)27-4/h5-10H,1-4H3,(H,21,26)(H2,20,22,23,24,25). The number of aromatic amines is 1. The van der Waals surface area contributed by atoms with Crippen molar-refractivity contribution in [3.05, 3.63) is 36.5 Å². The lowest BCUT2D eigenvalue weighted by atomic mass is 10.2. The summed E-state index contributed by atoms with van der Waals surface area (Å²) in [6.45, 7) is 5.38. The van der Waals surface area contributed by atoms with E-state index in [-0.39, 0.29) is 5.95 Å². The third-order valence-electron chi connectivity index (χ3n) is 3.45. The van der Waals surface area contributed by atoms with E-state index < -0.39 is 17.8 Å². The van der Waals surface area contributed by atoms with Gasteiger partial charge in [0.15, 0.2) is 5.65 Å². The smallest absolute Gasteiger partial charge is 0.413 e. The highest BCUT2D eigenvalue weighted by Crippen LogP contribution is 2.25. The lowest BCUT2D eigenvalue weighted by Gasteiger charge is -2.19. The molecule has 3 aromatic rings. The zero-order valence-electron chi connectivity index (χ0n) is 16.4. The second-order valence-corrected chi connectivity index (χ2v) is 7.00. The maximum atomic E-state index is 11.8. The Hall–Kier alpha value is -3.82. The van der Waals surface area contributed by atoms with Crippen molar-refractivity contribution in [1.29, 1.82) is 0 Å². The Bertz CT molecular complexity index is 1020. The van der Waals surface area contributed by atoms with E-state index in [0.717, 1.165) is 0 Å². The molecule has 1 aromatic carbocycles. The molecule has 0 radical (unpaired) electrons. The number of carbonyl (C=O) groups excluding carboxylic acids is 2. The third-order valence-corrected chi connectivity index (χ3v) is 3.45. The maximum absolute atomic E-state index is 11.8. The minimum atomic E-state index is -0.638. The molecule has 3 N–H and O–H groups in total. The number of anilines is 2. The minimum absolute atomic E-state index is 0.217. The zero-order chi connectivity index (χ0) is 21.0. The van der Waals surface area contributed by atoms with Gasteiger partial charge in [0.2, 0.25) is 5.95 Å². The summed E-state index contributed by atoms with van der Waals surface area (Å²) in [6, 6.07) is 8.49. The van der Waals surface area contributed by atoms with E-state index in [4.69, 9.17) is 9.47 Å². The summed E-state index contributed by atoms with van der Waals surface area (Å²) >= 11 is 0. The topological polar surface area (TPSA) is 127 Å². The van der Waals surface area contributed by atoms with Crippen LogP contribution in [0, 0.1) is 0 Å². The average molecular weight is 399 g/mol. The van der Waals surface area contributed by atoms with Crippen molar-refractivity contribution in [3.8, 4) is 11.5 Å². The molecule has 0 spiro atoms. The molecular weight excluding hydrogens is 378 g/mol. The van der Waals surface area contributed by atoms with Crippen molar-refractivity contribution >= 4 is 35.0 Å². The van der Waals surface area contributed by atoms with Gasteiger partial charge in [0.25, 0.3) is 0 Å². The van der Waals surface area contributed by atoms with Crippen molar-refractivity contribution in [2.24, 2.45) is 0 Å². The summed E-state index contributed by atoms with van der Waals surface area (Å²) < 4.78 is 15.5. The number of methoxy groups -OCH3 is 1. The van der Waals surface area contributed by atoms with Gasteiger partial charge in [0.05, 0.1) is 18.8 Å². The highest BCUT2D eigenvalue weighted by molar-refractivity contribution is 5.85. The van der Waals surface area contributed by atoms with E-state index >= 15 is 0 Å². The van der Waals surface area contributed by atoms with Crippen molar-refractivity contribution in [3.63, 3.8) is 0 Å². The van der Waals surface area contributed by atoms with Crippen LogP contribution in [0.4, 0.5) is 21.2 Å². The average Bonchev–Trinajstić information content (AvgIpc) is 3.03. The van der Waals surface area contributed by atoms with Crippen LogP contribution >= 0.6 is 0 Å². The first kappa shape index (κ1) is 19.9. The molecule has 0 saturated carbocycles. The Labute approximate surface area is 166 Å². The fourth-order valence-corrected chi connectivity index (χ4v) is 2.31. The number of benzene rings is 1. The van der Waals surface area contributed by atoms with Crippen molar-refractivity contribution in [1.82, 2.24) is 15.0 Å². The molecule has 0 aliphatic rings. The molecule has 2 aromatic heterocycles. The molecule has 0 saturated heterocycles. The van der Waals surface area contributed by atoms with Crippen LogP contribution in [-0.4, -0.2) is 39.8 Å². The Morgan fingerprint density at radius 3 is 2.41 bits per heavy atom. The fraction of sp³-hybridized carbons (Fsp3) is 0.263. The number of fused-ring (bicyclic) bond motifs is 1. The van der Waals surface area contributed by atoms with Crippen LogP contribution < -0.4 is 15.4 Å². The summed E-state index contributed by atoms with van der Waals surface area (Å²) in [5.74, 6) is 1.24. The Morgan fingerprint density at radius 2 is 1.76 bits per heavy atom. The summed E-state index contributed by atoms with van der Waals surface area (Å²) in [5.41, 5.74) is 1.00. The van der Waals surface area contributed by atoms with E-state index in [2.05, 4.69) is 30.3 Å². The molecule has 2 heterocycles. The molecule has 10 nitrogen and oxygen atoms in total. The molecule has 0 fully saturated rings. The van der Waals surface area contributed by atoms with Gasteiger partial charge < -0.3 is 19.2 Å². The molecule has 152 valence electrons. The summed E-state index contributed by atoms with van der Waals surface area (Å²) in [6.07, 6.45) is 0.342. The van der Waals surface area contributed by atoms with Gasteiger partial charge in [-0.1, -0.05) is 0 Å². The molecular formula is C19H21N5O5. The number of carbonyl (C=O) groups is 2. The lowest BCUT2D eigenvalue weighted by molar-refractivity contribution is 0.0636. The van der Waals surface area contributed by atoms with Gasteiger partial charge in [-0.2, -0.15) is 4.98 Å². The van der Waals surface area contributed by atoms with E-state index in [0.29, 0.717) is 28.4 Å². The number of aromatic nitrogens is 3. The molecule has 0 unspecified atom stereocenters. The van der Waals surface area contributed by atoms with Gasteiger partial charge in [-0.15, -0.1) is 0 Å². The third kappa shape index (κ3) is 5.58. The maximum Gasteiger partial charge on any atom is 0.413 e. The summed E-state index contributed by atoms with van der Waals surface area (Å²) in [5, 5.41) is 5.08. The van der Waals surface area contributed by atoms with E-state index in [9.17, 15) is 9.59 Å². The van der Waals surface area contributed by atoms with Crippen molar-refractivity contribution in [2.75, 3.05) is 17.7 Å². The Balaban J connectivity index is 1.65. The largest absolute Gasteiger partial charge is 0.456 e. The molecule has 0 aliphatic carbocycles. The fourth-order valence-electron chi connectivity index (χ4n) is 2.31. The van der Waals surface area contributed by atoms with Gasteiger partial charge in [-0.05, 0) is 45.0 Å². The number of hydrogen-bond acceptors (Lipinski definition) is 7. The second kappa shape index (κ2) is 8.05. The zero-order valence-corrected chi connectivity index (χ0v) is 16.4. The van der Waals surface area contributed by atoms with Gasteiger partial charge in [-0.25, -0.2) is 14.6 Å². The highest BCUT2D eigenvalue weighted by Gasteiger charge is 2.16. The number of H-pyrrole nitrogens is 1. The van der Waals surface area contributed by atoms with Crippen LogP contribution in [-0.2, 0) is 9.47 Å². The SMILES string of the molecule is COC(=O)Nc1nc2ncc(Oc3ccc(NC(=O)OC(C)(C)C)cc3)cc2[nH]1. The number of nitrogens with one attached hydrogen (secondary N) is 3. The van der Waals surface area contributed by atoms with Crippen molar-refractivity contribution < 1.29 is 23.8 Å². The van der Waals surface area contributed by atoms with Gasteiger partial charge in [0.1, 0.15) is 17.1 Å². The minimum Gasteiger partial charge on any atom is -0.456 e.